The van der Waals surface area contributed by atoms with Crippen LogP contribution in [0.1, 0.15) is 77.6 Å². The lowest BCUT2D eigenvalue weighted by molar-refractivity contribution is -0.0497. The summed E-state index contributed by atoms with van der Waals surface area (Å²) in [6.45, 7) is 2.24. The van der Waals surface area contributed by atoms with E-state index in [0.29, 0.717) is 6.42 Å². The standard InChI is InChI=1S/C14H31NO2/c1-2-3-4-5-6-7-8-9-10-11-13(15)12-14(16)17/h13-14,16-17H,2-12,15H2,1H3. The second-order valence-corrected chi connectivity index (χ2v) is 5.09. The van der Waals surface area contributed by atoms with Crippen molar-refractivity contribution in [3.05, 3.63) is 0 Å². The van der Waals surface area contributed by atoms with E-state index in [4.69, 9.17) is 15.9 Å². The Balaban J connectivity index is 3.07. The first-order valence-corrected chi connectivity index (χ1v) is 7.28. The second-order valence-electron chi connectivity index (χ2n) is 5.09. The predicted octanol–water partition coefficient (Wildman–Crippen LogP) is 2.94. The summed E-state index contributed by atoms with van der Waals surface area (Å²) in [6, 6.07) is -0.0560. The molecule has 0 heterocycles. The highest BCUT2D eigenvalue weighted by atomic mass is 16.5. The molecule has 0 aliphatic carbocycles. The fraction of sp³-hybridized carbons (Fsp3) is 1.00. The van der Waals surface area contributed by atoms with Crippen molar-refractivity contribution in [1.29, 1.82) is 0 Å². The van der Waals surface area contributed by atoms with Crippen LogP contribution in [0.4, 0.5) is 0 Å². The maximum absolute atomic E-state index is 8.74. The summed E-state index contributed by atoms with van der Waals surface area (Å²) in [7, 11) is 0. The number of aliphatic hydroxyl groups is 2. The van der Waals surface area contributed by atoms with Crippen LogP contribution in [-0.2, 0) is 0 Å². The Labute approximate surface area is 106 Å². The molecule has 0 aromatic carbocycles. The van der Waals surface area contributed by atoms with Crippen molar-refractivity contribution in [3.8, 4) is 0 Å². The summed E-state index contributed by atoms with van der Waals surface area (Å²) < 4.78 is 0. The summed E-state index contributed by atoms with van der Waals surface area (Å²) in [6.07, 6.45) is 11.7. The highest BCUT2D eigenvalue weighted by molar-refractivity contribution is 4.62. The van der Waals surface area contributed by atoms with E-state index in [1.807, 2.05) is 0 Å². The van der Waals surface area contributed by atoms with E-state index in [2.05, 4.69) is 6.92 Å². The number of rotatable bonds is 12. The molecule has 0 spiro atoms. The SMILES string of the molecule is CCCCCCCCCCCC(N)CC(O)O. The van der Waals surface area contributed by atoms with Crippen LogP contribution in [0.25, 0.3) is 0 Å². The van der Waals surface area contributed by atoms with E-state index in [0.717, 1.165) is 12.8 Å². The Morgan fingerprint density at radius 2 is 1.29 bits per heavy atom. The lowest BCUT2D eigenvalue weighted by atomic mass is 10.0. The summed E-state index contributed by atoms with van der Waals surface area (Å²) in [4.78, 5) is 0. The average molecular weight is 245 g/mol. The van der Waals surface area contributed by atoms with Crippen LogP contribution in [0.15, 0.2) is 0 Å². The minimum Gasteiger partial charge on any atom is -0.368 e. The second kappa shape index (κ2) is 12.3. The van der Waals surface area contributed by atoms with Gasteiger partial charge in [-0.25, -0.2) is 0 Å². The molecular weight excluding hydrogens is 214 g/mol. The summed E-state index contributed by atoms with van der Waals surface area (Å²) in [5.41, 5.74) is 5.75. The molecule has 104 valence electrons. The first kappa shape index (κ1) is 16.9. The van der Waals surface area contributed by atoms with Gasteiger partial charge in [0, 0.05) is 12.5 Å². The Kier molecular flexibility index (Phi) is 12.3. The third kappa shape index (κ3) is 13.8. The molecule has 0 rings (SSSR count). The largest absolute Gasteiger partial charge is 0.368 e. The van der Waals surface area contributed by atoms with E-state index in [9.17, 15) is 0 Å². The number of hydrogen-bond donors (Lipinski definition) is 3. The van der Waals surface area contributed by atoms with Crippen molar-refractivity contribution in [2.45, 2.75) is 89.9 Å². The molecule has 0 aliphatic rings. The van der Waals surface area contributed by atoms with Crippen molar-refractivity contribution >= 4 is 0 Å². The van der Waals surface area contributed by atoms with Crippen molar-refractivity contribution in [2.75, 3.05) is 0 Å². The highest BCUT2D eigenvalue weighted by Crippen LogP contribution is 2.11. The van der Waals surface area contributed by atoms with Crippen LogP contribution < -0.4 is 5.73 Å². The highest BCUT2D eigenvalue weighted by Gasteiger charge is 2.06. The minimum absolute atomic E-state index is 0.0560. The Hall–Kier alpha value is -0.120. The van der Waals surface area contributed by atoms with Gasteiger partial charge in [0.2, 0.25) is 0 Å². The predicted molar refractivity (Wildman–Crippen MR) is 72.7 cm³/mol. The lowest BCUT2D eigenvalue weighted by Gasteiger charge is -2.12. The lowest BCUT2D eigenvalue weighted by Crippen LogP contribution is -2.25. The summed E-state index contributed by atoms with van der Waals surface area (Å²) in [5, 5.41) is 17.5. The van der Waals surface area contributed by atoms with E-state index in [-0.39, 0.29) is 6.04 Å². The fourth-order valence-electron chi connectivity index (χ4n) is 2.11. The van der Waals surface area contributed by atoms with Gasteiger partial charge in [-0.15, -0.1) is 0 Å². The maximum atomic E-state index is 8.74. The zero-order chi connectivity index (χ0) is 12.9. The van der Waals surface area contributed by atoms with E-state index < -0.39 is 6.29 Å². The Morgan fingerprint density at radius 1 is 0.824 bits per heavy atom. The molecule has 17 heavy (non-hydrogen) atoms. The van der Waals surface area contributed by atoms with E-state index in [1.165, 1.54) is 51.4 Å². The molecule has 0 aromatic rings. The number of aliphatic hydroxyl groups excluding tert-OH is 1. The molecule has 3 nitrogen and oxygen atoms in total. The van der Waals surface area contributed by atoms with Crippen LogP contribution in [0.5, 0.6) is 0 Å². The molecule has 3 heteroatoms. The van der Waals surface area contributed by atoms with Crippen molar-refractivity contribution in [1.82, 2.24) is 0 Å². The fourth-order valence-corrected chi connectivity index (χ4v) is 2.11. The molecule has 0 saturated carbocycles. The molecular formula is C14H31NO2. The Bertz CT molecular complexity index is 151. The molecule has 0 aromatic heterocycles. The smallest absolute Gasteiger partial charge is 0.152 e. The van der Waals surface area contributed by atoms with Gasteiger partial charge < -0.3 is 15.9 Å². The van der Waals surface area contributed by atoms with Gasteiger partial charge in [-0.1, -0.05) is 64.7 Å². The average Bonchev–Trinajstić information content (AvgIpc) is 2.26. The minimum atomic E-state index is -1.25. The molecule has 0 fully saturated rings. The van der Waals surface area contributed by atoms with Gasteiger partial charge in [0.05, 0.1) is 0 Å². The number of unbranched alkanes of at least 4 members (excludes halogenated alkanes) is 8. The number of nitrogens with two attached hydrogens (primary N) is 1. The van der Waals surface area contributed by atoms with Crippen LogP contribution in [0, 0.1) is 0 Å². The van der Waals surface area contributed by atoms with Crippen LogP contribution in [0.2, 0.25) is 0 Å². The van der Waals surface area contributed by atoms with Gasteiger partial charge in [0.25, 0.3) is 0 Å². The maximum Gasteiger partial charge on any atom is 0.152 e. The first-order valence-electron chi connectivity index (χ1n) is 7.28. The van der Waals surface area contributed by atoms with E-state index >= 15 is 0 Å². The normalized spacial score (nSPS) is 13.2. The molecule has 0 aliphatic heterocycles. The monoisotopic (exact) mass is 245 g/mol. The molecule has 1 unspecified atom stereocenters. The molecule has 0 radical (unpaired) electrons. The van der Waals surface area contributed by atoms with Crippen molar-refractivity contribution < 1.29 is 10.2 Å². The van der Waals surface area contributed by atoms with Crippen molar-refractivity contribution in [2.24, 2.45) is 5.73 Å². The zero-order valence-corrected chi connectivity index (χ0v) is 11.4. The third-order valence-electron chi connectivity index (χ3n) is 3.19. The van der Waals surface area contributed by atoms with Gasteiger partial charge in [0.1, 0.15) is 0 Å². The van der Waals surface area contributed by atoms with Gasteiger partial charge in [-0.05, 0) is 6.42 Å². The molecule has 0 saturated heterocycles. The van der Waals surface area contributed by atoms with Gasteiger partial charge in [-0.3, -0.25) is 0 Å². The summed E-state index contributed by atoms with van der Waals surface area (Å²) >= 11 is 0. The third-order valence-corrected chi connectivity index (χ3v) is 3.19. The van der Waals surface area contributed by atoms with E-state index in [1.54, 1.807) is 0 Å². The van der Waals surface area contributed by atoms with Crippen LogP contribution >= 0.6 is 0 Å². The van der Waals surface area contributed by atoms with Gasteiger partial charge in [0.15, 0.2) is 6.29 Å². The first-order chi connectivity index (χ1) is 8.16. The van der Waals surface area contributed by atoms with Gasteiger partial charge in [-0.2, -0.15) is 0 Å². The number of hydrogen-bond acceptors (Lipinski definition) is 3. The Morgan fingerprint density at radius 3 is 1.76 bits per heavy atom. The van der Waals surface area contributed by atoms with Gasteiger partial charge >= 0.3 is 0 Å². The topological polar surface area (TPSA) is 66.5 Å². The zero-order valence-electron chi connectivity index (χ0n) is 11.4. The van der Waals surface area contributed by atoms with Crippen molar-refractivity contribution in [3.63, 3.8) is 0 Å². The molecule has 4 N–H and O–H groups in total. The molecule has 0 amide bonds. The summed E-state index contributed by atoms with van der Waals surface area (Å²) in [5.74, 6) is 0. The van der Waals surface area contributed by atoms with Crippen LogP contribution in [-0.4, -0.2) is 22.5 Å². The quantitative estimate of drug-likeness (QED) is 0.366. The molecule has 1 atom stereocenters. The molecule has 0 bridgehead atoms. The van der Waals surface area contributed by atoms with Crippen LogP contribution in [0.3, 0.4) is 0 Å².